The van der Waals surface area contributed by atoms with Crippen LogP contribution in [0, 0.1) is 0 Å². The van der Waals surface area contributed by atoms with Crippen molar-refractivity contribution >= 4 is 23.2 Å². The number of aliphatic hydroxyl groups excluding tert-OH is 1. The molecule has 4 heteroatoms. The predicted molar refractivity (Wildman–Crippen MR) is 80.5 cm³/mol. The molecule has 2 nitrogen and oxygen atoms in total. The molecule has 0 saturated carbocycles. The Kier molecular flexibility index (Phi) is 3.88. The molecule has 0 fully saturated rings. The largest absolute Gasteiger partial charge is 0.489 e. The number of aryl methyl sites for hydroxylation is 1. The molecule has 0 aromatic heterocycles. The number of benzene rings is 2. The van der Waals surface area contributed by atoms with Crippen molar-refractivity contribution in [2.45, 2.75) is 25.6 Å². The fourth-order valence-corrected chi connectivity index (χ4v) is 2.92. The molecule has 104 valence electrons. The van der Waals surface area contributed by atoms with Crippen LogP contribution < -0.4 is 4.74 Å². The van der Waals surface area contributed by atoms with Gasteiger partial charge in [-0.1, -0.05) is 35.3 Å². The SMILES string of the molecule is O[C@@H]1CCc2cc(OCc3ccc(Cl)cc3Cl)ccc21. The van der Waals surface area contributed by atoms with Gasteiger partial charge < -0.3 is 9.84 Å². The molecule has 0 aliphatic heterocycles. The molecule has 0 amide bonds. The van der Waals surface area contributed by atoms with Crippen LogP contribution in [-0.4, -0.2) is 5.11 Å². The lowest BCUT2D eigenvalue weighted by molar-refractivity contribution is 0.180. The first-order chi connectivity index (χ1) is 9.63. The van der Waals surface area contributed by atoms with Crippen LogP contribution in [0.1, 0.15) is 29.2 Å². The first-order valence-electron chi connectivity index (χ1n) is 6.51. The summed E-state index contributed by atoms with van der Waals surface area (Å²) in [4.78, 5) is 0. The molecule has 2 aromatic carbocycles. The van der Waals surface area contributed by atoms with Crippen molar-refractivity contribution in [2.75, 3.05) is 0 Å². The van der Waals surface area contributed by atoms with Crippen LogP contribution in [0.25, 0.3) is 0 Å². The fourth-order valence-electron chi connectivity index (χ4n) is 2.46. The summed E-state index contributed by atoms with van der Waals surface area (Å²) in [5.41, 5.74) is 3.08. The van der Waals surface area contributed by atoms with Crippen LogP contribution >= 0.6 is 23.2 Å². The maximum absolute atomic E-state index is 9.77. The zero-order valence-corrected chi connectivity index (χ0v) is 12.3. The van der Waals surface area contributed by atoms with Crippen molar-refractivity contribution in [1.29, 1.82) is 0 Å². The smallest absolute Gasteiger partial charge is 0.120 e. The highest BCUT2D eigenvalue weighted by atomic mass is 35.5. The standard InChI is InChI=1S/C16H14Cl2O2/c17-12-3-1-11(15(18)8-12)9-20-13-4-5-14-10(7-13)2-6-16(14)19/h1,3-5,7-8,16,19H,2,6,9H2/t16-/m1/s1. The normalized spacial score (nSPS) is 17.1. The number of ether oxygens (including phenoxy) is 1. The number of halogens is 2. The summed E-state index contributed by atoms with van der Waals surface area (Å²) in [6.07, 6.45) is 1.36. The lowest BCUT2D eigenvalue weighted by Crippen LogP contribution is -1.97. The summed E-state index contributed by atoms with van der Waals surface area (Å²) in [5.74, 6) is 0.795. The molecule has 2 aromatic rings. The minimum absolute atomic E-state index is 0.329. The van der Waals surface area contributed by atoms with E-state index in [9.17, 15) is 5.11 Å². The first kappa shape index (κ1) is 13.7. The van der Waals surface area contributed by atoms with Gasteiger partial charge in [-0.25, -0.2) is 0 Å². The van der Waals surface area contributed by atoms with E-state index in [1.165, 1.54) is 0 Å². The van der Waals surface area contributed by atoms with Gasteiger partial charge in [0.2, 0.25) is 0 Å². The minimum Gasteiger partial charge on any atom is -0.489 e. The van der Waals surface area contributed by atoms with Gasteiger partial charge in [0.15, 0.2) is 0 Å². The maximum Gasteiger partial charge on any atom is 0.120 e. The number of rotatable bonds is 3. The summed E-state index contributed by atoms with van der Waals surface area (Å²) >= 11 is 12.0. The van der Waals surface area contributed by atoms with E-state index in [2.05, 4.69) is 0 Å². The van der Waals surface area contributed by atoms with Crippen LogP contribution in [0.3, 0.4) is 0 Å². The molecule has 20 heavy (non-hydrogen) atoms. The first-order valence-corrected chi connectivity index (χ1v) is 7.26. The lowest BCUT2D eigenvalue weighted by Gasteiger charge is -2.10. The summed E-state index contributed by atoms with van der Waals surface area (Å²) < 4.78 is 5.76. The van der Waals surface area contributed by atoms with Crippen LogP contribution in [-0.2, 0) is 13.0 Å². The second kappa shape index (κ2) is 5.65. The van der Waals surface area contributed by atoms with Gasteiger partial charge >= 0.3 is 0 Å². The third-order valence-electron chi connectivity index (χ3n) is 3.57. The molecule has 1 N–H and O–H groups in total. The number of aliphatic hydroxyl groups is 1. The fraction of sp³-hybridized carbons (Fsp3) is 0.250. The lowest BCUT2D eigenvalue weighted by atomic mass is 10.1. The van der Waals surface area contributed by atoms with Gasteiger partial charge in [-0.2, -0.15) is 0 Å². The van der Waals surface area contributed by atoms with Gasteiger partial charge in [0.05, 0.1) is 6.10 Å². The number of fused-ring (bicyclic) bond motifs is 1. The van der Waals surface area contributed by atoms with E-state index in [4.69, 9.17) is 27.9 Å². The van der Waals surface area contributed by atoms with Crippen molar-refractivity contribution in [3.63, 3.8) is 0 Å². The van der Waals surface area contributed by atoms with E-state index in [1.54, 1.807) is 12.1 Å². The number of hydrogen-bond donors (Lipinski definition) is 1. The molecule has 1 aliphatic carbocycles. The molecule has 0 saturated heterocycles. The van der Waals surface area contributed by atoms with E-state index < -0.39 is 0 Å². The van der Waals surface area contributed by atoms with Gasteiger partial charge in [-0.3, -0.25) is 0 Å². The molecule has 3 rings (SSSR count). The van der Waals surface area contributed by atoms with Crippen molar-refractivity contribution in [2.24, 2.45) is 0 Å². The van der Waals surface area contributed by atoms with E-state index in [-0.39, 0.29) is 6.10 Å². The summed E-state index contributed by atoms with van der Waals surface area (Å²) in [5, 5.41) is 11.0. The Labute approximate surface area is 127 Å². The third-order valence-corrected chi connectivity index (χ3v) is 4.16. The zero-order chi connectivity index (χ0) is 14.1. The second-order valence-electron chi connectivity index (χ2n) is 4.94. The average Bonchev–Trinajstić information content (AvgIpc) is 2.79. The topological polar surface area (TPSA) is 29.5 Å². The molecule has 0 heterocycles. The van der Waals surface area contributed by atoms with Crippen molar-refractivity contribution in [1.82, 2.24) is 0 Å². The Hall–Kier alpha value is -1.22. The third kappa shape index (κ3) is 2.78. The number of hydrogen-bond acceptors (Lipinski definition) is 2. The van der Waals surface area contributed by atoms with E-state index in [0.29, 0.717) is 16.7 Å². The molecule has 0 bridgehead atoms. The Morgan fingerprint density at radius 3 is 2.80 bits per heavy atom. The molecular formula is C16H14Cl2O2. The van der Waals surface area contributed by atoms with Crippen molar-refractivity contribution < 1.29 is 9.84 Å². The van der Waals surface area contributed by atoms with Crippen LogP contribution in [0.15, 0.2) is 36.4 Å². The Morgan fingerprint density at radius 1 is 1.15 bits per heavy atom. The van der Waals surface area contributed by atoms with Gasteiger partial charge in [-0.15, -0.1) is 0 Å². The van der Waals surface area contributed by atoms with Gasteiger partial charge in [0, 0.05) is 15.6 Å². The van der Waals surface area contributed by atoms with Gasteiger partial charge in [0.1, 0.15) is 12.4 Å². The van der Waals surface area contributed by atoms with Crippen molar-refractivity contribution in [3.05, 3.63) is 63.1 Å². The zero-order valence-electron chi connectivity index (χ0n) is 10.8. The molecule has 1 atom stereocenters. The molecule has 0 unspecified atom stereocenters. The van der Waals surface area contributed by atoms with Gasteiger partial charge in [-0.05, 0) is 48.2 Å². The summed E-state index contributed by atoms with van der Waals surface area (Å²) in [6.45, 7) is 0.400. The maximum atomic E-state index is 9.77. The quantitative estimate of drug-likeness (QED) is 0.901. The molecule has 1 aliphatic rings. The Bertz CT molecular complexity index is 640. The summed E-state index contributed by atoms with van der Waals surface area (Å²) in [6, 6.07) is 11.2. The predicted octanol–water partition coefficient (Wildman–Crippen LogP) is 4.55. The van der Waals surface area contributed by atoms with Gasteiger partial charge in [0.25, 0.3) is 0 Å². The van der Waals surface area contributed by atoms with E-state index >= 15 is 0 Å². The highest BCUT2D eigenvalue weighted by Crippen LogP contribution is 2.33. The Balaban J connectivity index is 1.73. The molecular weight excluding hydrogens is 295 g/mol. The van der Waals surface area contributed by atoms with Crippen LogP contribution in [0.4, 0.5) is 0 Å². The monoisotopic (exact) mass is 308 g/mol. The highest BCUT2D eigenvalue weighted by Gasteiger charge is 2.20. The van der Waals surface area contributed by atoms with Crippen LogP contribution in [0.5, 0.6) is 5.75 Å². The average molecular weight is 309 g/mol. The highest BCUT2D eigenvalue weighted by molar-refractivity contribution is 6.35. The Morgan fingerprint density at radius 2 is 2.00 bits per heavy atom. The van der Waals surface area contributed by atoms with E-state index in [1.807, 2.05) is 24.3 Å². The minimum atomic E-state index is -0.329. The van der Waals surface area contributed by atoms with E-state index in [0.717, 1.165) is 35.3 Å². The molecule has 0 radical (unpaired) electrons. The molecule has 0 spiro atoms. The summed E-state index contributed by atoms with van der Waals surface area (Å²) in [7, 11) is 0. The second-order valence-corrected chi connectivity index (χ2v) is 5.78. The van der Waals surface area contributed by atoms with Crippen LogP contribution in [0.2, 0.25) is 10.0 Å². The van der Waals surface area contributed by atoms with Crippen molar-refractivity contribution in [3.8, 4) is 5.75 Å².